The highest BCUT2D eigenvalue weighted by Gasteiger charge is 2.21. The van der Waals surface area contributed by atoms with Gasteiger partial charge in [-0.1, -0.05) is 182 Å². The molecule has 1 nitrogen and oxygen atoms in total. The van der Waals surface area contributed by atoms with Gasteiger partial charge in [0.2, 0.25) is 0 Å². The van der Waals surface area contributed by atoms with Crippen LogP contribution in [-0.2, 0) is 0 Å². The number of para-hydroxylation sites is 2. The minimum Gasteiger partial charge on any atom is -0.309 e. The number of benzene rings is 10. The van der Waals surface area contributed by atoms with Crippen molar-refractivity contribution in [3.8, 4) is 44.5 Å². The zero-order valence-corrected chi connectivity index (χ0v) is 32.5. The van der Waals surface area contributed by atoms with Crippen LogP contribution in [0.2, 0.25) is 0 Å². The molecule has 0 amide bonds. The van der Waals surface area contributed by atoms with Gasteiger partial charge in [-0.05, 0) is 97.4 Å². The Kier molecular flexibility index (Phi) is 8.42. The molecule has 272 valence electrons. The Labute approximate surface area is 342 Å². The maximum atomic E-state index is 2.45. The fourth-order valence-corrected chi connectivity index (χ4v) is 9.75. The number of fused-ring (bicyclic) bond motifs is 5. The van der Waals surface area contributed by atoms with E-state index in [4.69, 9.17) is 0 Å². The van der Waals surface area contributed by atoms with Crippen molar-refractivity contribution in [1.82, 2.24) is 0 Å². The smallest absolute Gasteiger partial charge is 0.0540 e. The van der Waals surface area contributed by atoms with Gasteiger partial charge in [0.1, 0.15) is 0 Å². The van der Waals surface area contributed by atoms with Crippen LogP contribution in [0.5, 0.6) is 0 Å². The van der Waals surface area contributed by atoms with Gasteiger partial charge in [0.25, 0.3) is 0 Å². The minimum atomic E-state index is 1.10. The molecule has 1 heterocycles. The fraction of sp³-hybridized carbons (Fsp3) is 0. The van der Waals surface area contributed by atoms with Crippen molar-refractivity contribution < 1.29 is 0 Å². The summed E-state index contributed by atoms with van der Waals surface area (Å²) < 4.78 is 2.62. The highest BCUT2D eigenvalue weighted by atomic mass is 32.1. The molecule has 11 rings (SSSR count). The molecule has 0 aliphatic heterocycles. The van der Waals surface area contributed by atoms with Crippen molar-refractivity contribution in [2.75, 3.05) is 4.90 Å². The molecule has 0 N–H and O–H groups in total. The van der Waals surface area contributed by atoms with Crippen LogP contribution in [0, 0.1) is 0 Å². The van der Waals surface area contributed by atoms with Crippen molar-refractivity contribution in [1.29, 1.82) is 0 Å². The molecule has 0 atom stereocenters. The van der Waals surface area contributed by atoms with Gasteiger partial charge in [-0.15, -0.1) is 11.3 Å². The number of hydrogen-bond acceptors (Lipinski definition) is 2. The van der Waals surface area contributed by atoms with Crippen LogP contribution in [0.1, 0.15) is 0 Å². The van der Waals surface area contributed by atoms with E-state index in [2.05, 4.69) is 229 Å². The second kappa shape index (κ2) is 14.4. The summed E-state index contributed by atoms with van der Waals surface area (Å²) in [5.41, 5.74) is 12.9. The van der Waals surface area contributed by atoms with Crippen molar-refractivity contribution in [2.45, 2.75) is 0 Å². The zero-order valence-electron chi connectivity index (χ0n) is 31.7. The number of thiophene rings is 1. The van der Waals surface area contributed by atoms with Gasteiger partial charge in [0, 0.05) is 37.0 Å². The Hall–Kier alpha value is -7.26. The van der Waals surface area contributed by atoms with Gasteiger partial charge >= 0.3 is 0 Å². The van der Waals surface area contributed by atoms with Crippen molar-refractivity contribution in [3.05, 3.63) is 224 Å². The lowest BCUT2D eigenvalue weighted by Gasteiger charge is -2.30. The molecule has 2 heteroatoms. The summed E-state index contributed by atoms with van der Waals surface area (Å²) in [5.74, 6) is 0. The minimum absolute atomic E-state index is 1.10. The molecule has 0 saturated heterocycles. The summed E-state index contributed by atoms with van der Waals surface area (Å²) in [7, 11) is 0. The Morgan fingerprint density at radius 2 is 0.776 bits per heavy atom. The van der Waals surface area contributed by atoms with Crippen LogP contribution in [0.4, 0.5) is 17.1 Å². The molecule has 11 aromatic rings. The number of nitrogens with zero attached hydrogens (tertiary/aromatic N) is 1. The van der Waals surface area contributed by atoms with E-state index in [0.717, 1.165) is 17.1 Å². The molecular formula is C56H37NS. The molecule has 0 radical (unpaired) electrons. The maximum absolute atomic E-state index is 2.45. The fourth-order valence-electron chi connectivity index (χ4n) is 8.61. The standard InChI is InChI=1S/C56H37NS/c1-2-14-43-36-44(29-26-38(43)12-1)49-17-5-8-21-53(49)57(54-22-9-6-18-50(54)45-32-35-52-51-19-7-10-23-55(51)58-56(52)37-45)46-33-30-40(31-34-46)39-24-27-42(28-25-39)48-20-11-15-41-13-3-4-16-47(41)48/h1-37H. The van der Waals surface area contributed by atoms with Crippen molar-refractivity contribution in [3.63, 3.8) is 0 Å². The Morgan fingerprint density at radius 3 is 1.53 bits per heavy atom. The second-order valence-electron chi connectivity index (χ2n) is 14.9. The van der Waals surface area contributed by atoms with Crippen LogP contribution in [0.3, 0.4) is 0 Å². The molecule has 1 aromatic heterocycles. The van der Waals surface area contributed by atoms with E-state index >= 15 is 0 Å². The normalized spacial score (nSPS) is 11.4. The molecule has 0 saturated carbocycles. The van der Waals surface area contributed by atoms with Crippen LogP contribution in [0.25, 0.3) is 86.2 Å². The molecule has 0 fully saturated rings. The first-order chi connectivity index (χ1) is 28.7. The molecule has 58 heavy (non-hydrogen) atoms. The number of anilines is 3. The van der Waals surface area contributed by atoms with Crippen LogP contribution in [0.15, 0.2) is 224 Å². The Bertz CT molecular complexity index is 3280. The summed E-state index contributed by atoms with van der Waals surface area (Å²) in [6, 6.07) is 82.0. The lowest BCUT2D eigenvalue weighted by molar-refractivity contribution is 1.28. The average molecular weight is 756 g/mol. The predicted molar refractivity (Wildman–Crippen MR) is 251 cm³/mol. The van der Waals surface area contributed by atoms with Crippen molar-refractivity contribution >= 4 is 70.1 Å². The summed E-state index contributed by atoms with van der Waals surface area (Å²) in [5, 5.41) is 7.62. The first-order valence-corrected chi connectivity index (χ1v) is 20.6. The van der Waals surface area contributed by atoms with Gasteiger partial charge < -0.3 is 4.90 Å². The maximum Gasteiger partial charge on any atom is 0.0540 e. The van der Waals surface area contributed by atoms with E-state index in [1.54, 1.807) is 0 Å². The molecule has 0 aliphatic carbocycles. The summed E-state index contributed by atoms with van der Waals surface area (Å²) in [6.07, 6.45) is 0. The van der Waals surface area contributed by atoms with Crippen molar-refractivity contribution in [2.24, 2.45) is 0 Å². The second-order valence-corrected chi connectivity index (χ2v) is 16.0. The highest BCUT2D eigenvalue weighted by Crippen LogP contribution is 2.46. The van der Waals surface area contributed by atoms with E-state index in [1.165, 1.54) is 86.2 Å². The van der Waals surface area contributed by atoms with Gasteiger partial charge in [0.05, 0.1) is 11.4 Å². The van der Waals surface area contributed by atoms with E-state index < -0.39 is 0 Å². The third kappa shape index (κ3) is 6.03. The van der Waals surface area contributed by atoms with Crippen LogP contribution < -0.4 is 4.90 Å². The van der Waals surface area contributed by atoms with Crippen LogP contribution >= 0.6 is 11.3 Å². The first-order valence-electron chi connectivity index (χ1n) is 19.8. The first kappa shape index (κ1) is 34.0. The molecule has 10 aromatic carbocycles. The highest BCUT2D eigenvalue weighted by molar-refractivity contribution is 7.25. The largest absolute Gasteiger partial charge is 0.309 e. The lowest BCUT2D eigenvalue weighted by atomic mass is 9.95. The average Bonchev–Trinajstić information content (AvgIpc) is 3.67. The molecule has 0 aliphatic rings. The summed E-state index contributed by atoms with van der Waals surface area (Å²) >= 11 is 1.86. The number of hydrogen-bond donors (Lipinski definition) is 0. The number of rotatable bonds is 7. The lowest BCUT2D eigenvalue weighted by Crippen LogP contribution is -2.12. The van der Waals surface area contributed by atoms with E-state index in [9.17, 15) is 0 Å². The topological polar surface area (TPSA) is 3.24 Å². The summed E-state index contributed by atoms with van der Waals surface area (Å²) in [6.45, 7) is 0. The SMILES string of the molecule is c1ccc(N(c2ccc(-c3ccc(-c4cccc5ccccc45)cc3)cc2)c2ccccc2-c2ccc3c(c2)sc2ccccc23)c(-c2ccc3ccccc3c2)c1. The molecule has 0 unspecified atom stereocenters. The molecular weight excluding hydrogens is 719 g/mol. The third-order valence-corrected chi connectivity index (χ3v) is 12.6. The van der Waals surface area contributed by atoms with Crippen LogP contribution in [-0.4, -0.2) is 0 Å². The Balaban J connectivity index is 1.04. The van der Waals surface area contributed by atoms with E-state index in [-0.39, 0.29) is 0 Å². The Morgan fingerprint density at radius 1 is 0.276 bits per heavy atom. The zero-order chi connectivity index (χ0) is 38.4. The molecule has 0 bridgehead atoms. The van der Waals surface area contributed by atoms with Gasteiger partial charge in [0.15, 0.2) is 0 Å². The summed E-state index contributed by atoms with van der Waals surface area (Å²) in [4.78, 5) is 2.45. The van der Waals surface area contributed by atoms with E-state index in [0.29, 0.717) is 0 Å². The predicted octanol–water partition coefficient (Wildman–Crippen LogP) is 16.5. The van der Waals surface area contributed by atoms with E-state index in [1.807, 2.05) is 11.3 Å². The van der Waals surface area contributed by atoms with Gasteiger partial charge in [-0.25, -0.2) is 0 Å². The monoisotopic (exact) mass is 755 g/mol. The van der Waals surface area contributed by atoms with Gasteiger partial charge in [-0.3, -0.25) is 0 Å². The molecule has 0 spiro atoms. The quantitative estimate of drug-likeness (QED) is 0.157. The third-order valence-electron chi connectivity index (χ3n) is 11.5. The van der Waals surface area contributed by atoms with Gasteiger partial charge in [-0.2, -0.15) is 0 Å².